The molecule has 3 nitrogen and oxygen atoms in total. The van der Waals surface area contributed by atoms with E-state index < -0.39 is 0 Å². The molecule has 11 aromatic rings. The number of nitrogens with zero attached hydrogens (tertiary/aromatic N) is 3. The minimum atomic E-state index is 0.900. The van der Waals surface area contributed by atoms with Crippen molar-refractivity contribution in [2.45, 2.75) is 12.8 Å². The molecule has 0 atom stereocenters. The van der Waals surface area contributed by atoms with E-state index in [1.54, 1.807) is 0 Å². The Hall–Kier alpha value is -6.97. The number of para-hydroxylation sites is 2. The van der Waals surface area contributed by atoms with Crippen molar-refractivity contribution < 1.29 is 0 Å². The maximum atomic E-state index is 5.67. The van der Waals surface area contributed by atoms with Gasteiger partial charge in [0.25, 0.3) is 0 Å². The largest absolute Gasteiger partial charge is 0.308 e. The first-order valence-electron chi connectivity index (χ1n) is 18.9. The van der Waals surface area contributed by atoms with Crippen LogP contribution in [0.5, 0.6) is 0 Å². The highest BCUT2D eigenvalue weighted by Gasteiger charge is 2.26. The minimum absolute atomic E-state index is 0.900. The zero-order valence-corrected chi connectivity index (χ0v) is 29.5. The van der Waals surface area contributed by atoms with Gasteiger partial charge >= 0.3 is 0 Å². The summed E-state index contributed by atoms with van der Waals surface area (Å²) in [6.07, 6.45) is 4.21. The van der Waals surface area contributed by atoms with E-state index >= 15 is 0 Å². The first kappa shape index (κ1) is 29.6. The molecule has 3 aromatic heterocycles. The van der Waals surface area contributed by atoms with Crippen LogP contribution < -0.4 is 0 Å². The Bertz CT molecular complexity index is 3370. The Kier molecular flexibility index (Phi) is 6.17. The maximum absolute atomic E-state index is 5.67. The smallest absolute Gasteiger partial charge is 0.134 e. The first-order chi connectivity index (χ1) is 26.8. The van der Waals surface area contributed by atoms with Crippen LogP contribution in [0, 0.1) is 0 Å². The highest BCUT2D eigenvalue weighted by Crippen LogP contribution is 2.47. The van der Waals surface area contributed by atoms with Crippen LogP contribution in [0.15, 0.2) is 181 Å². The van der Waals surface area contributed by atoms with E-state index in [1.807, 2.05) is 0 Å². The van der Waals surface area contributed by atoms with Crippen molar-refractivity contribution in [2.24, 2.45) is 4.99 Å². The fourth-order valence-electron chi connectivity index (χ4n) is 9.39. The molecule has 0 bridgehead atoms. The lowest BCUT2D eigenvalue weighted by Gasteiger charge is -2.18. The molecule has 12 rings (SSSR count). The van der Waals surface area contributed by atoms with Gasteiger partial charge in [-0.2, -0.15) is 0 Å². The summed E-state index contributed by atoms with van der Waals surface area (Å²) in [6.45, 7) is 0. The molecule has 0 N–H and O–H groups in total. The number of hydrogen-bond acceptors (Lipinski definition) is 1. The molecule has 54 heavy (non-hydrogen) atoms. The topological polar surface area (TPSA) is 21.7 Å². The average molecular weight is 688 g/mol. The van der Waals surface area contributed by atoms with Gasteiger partial charge in [-0.3, -0.25) is 4.57 Å². The van der Waals surface area contributed by atoms with E-state index in [1.165, 1.54) is 92.9 Å². The lowest BCUT2D eigenvalue weighted by atomic mass is 9.94. The molecule has 0 amide bonds. The number of rotatable bonds is 3. The number of benzene rings is 8. The van der Waals surface area contributed by atoms with E-state index in [4.69, 9.17) is 4.99 Å². The normalized spacial score (nSPS) is 13.6. The van der Waals surface area contributed by atoms with Gasteiger partial charge in [-0.25, -0.2) is 4.99 Å². The van der Waals surface area contributed by atoms with Gasteiger partial charge < -0.3 is 4.40 Å². The second-order valence-corrected chi connectivity index (χ2v) is 14.6. The number of allylic oxidation sites excluding steroid dienone is 1. The lowest BCUT2D eigenvalue weighted by Crippen LogP contribution is -2.11. The van der Waals surface area contributed by atoms with Crippen LogP contribution in [0.2, 0.25) is 0 Å². The highest BCUT2D eigenvalue weighted by atomic mass is 15.1. The second-order valence-electron chi connectivity index (χ2n) is 14.6. The number of aromatic nitrogens is 2. The van der Waals surface area contributed by atoms with Gasteiger partial charge in [0.2, 0.25) is 0 Å². The lowest BCUT2D eigenvalue weighted by molar-refractivity contribution is 0.978. The number of fused-ring (bicyclic) bond motifs is 12. The monoisotopic (exact) mass is 687 g/mol. The predicted octanol–water partition coefficient (Wildman–Crippen LogP) is 13.0. The molecule has 0 saturated carbocycles. The number of hydrogen-bond donors (Lipinski definition) is 0. The zero-order chi connectivity index (χ0) is 35.3. The Balaban J connectivity index is 1.21. The molecular weight excluding hydrogens is 655 g/mol. The molecule has 0 spiro atoms. The molecule has 0 saturated heterocycles. The molecule has 0 radical (unpaired) electrons. The molecule has 252 valence electrons. The summed E-state index contributed by atoms with van der Waals surface area (Å²) >= 11 is 0. The van der Waals surface area contributed by atoms with Crippen LogP contribution in [0.3, 0.4) is 0 Å². The quantitative estimate of drug-likeness (QED) is 0.176. The summed E-state index contributed by atoms with van der Waals surface area (Å²) in [5.74, 6) is 0.968. The molecule has 4 heterocycles. The molecular formula is C51H33N3. The van der Waals surface area contributed by atoms with Crippen molar-refractivity contribution in [3.05, 3.63) is 193 Å². The molecule has 3 heteroatoms. The van der Waals surface area contributed by atoms with E-state index in [9.17, 15) is 0 Å². The number of aryl methyl sites for hydroxylation is 1. The molecule has 1 aliphatic heterocycles. The van der Waals surface area contributed by atoms with Gasteiger partial charge in [0.05, 0.1) is 33.3 Å². The second kappa shape index (κ2) is 11.3. The van der Waals surface area contributed by atoms with Crippen LogP contribution in [-0.4, -0.2) is 14.7 Å². The van der Waals surface area contributed by atoms with Crippen molar-refractivity contribution in [3.8, 4) is 11.1 Å². The van der Waals surface area contributed by atoms with Crippen molar-refractivity contribution in [1.82, 2.24) is 8.97 Å². The summed E-state index contributed by atoms with van der Waals surface area (Å²) in [4.78, 5) is 5.67. The van der Waals surface area contributed by atoms with Crippen LogP contribution in [0.4, 0.5) is 0 Å². The zero-order valence-electron chi connectivity index (χ0n) is 29.5. The van der Waals surface area contributed by atoms with Crippen molar-refractivity contribution >= 4 is 82.2 Å². The van der Waals surface area contributed by atoms with Crippen LogP contribution in [0.25, 0.3) is 87.6 Å². The summed E-state index contributed by atoms with van der Waals surface area (Å²) in [6, 6.07) is 62.1. The fourth-order valence-corrected chi connectivity index (χ4v) is 9.39. The van der Waals surface area contributed by atoms with Gasteiger partial charge in [-0.15, -0.1) is 0 Å². The average Bonchev–Trinajstić information content (AvgIpc) is 3.86. The van der Waals surface area contributed by atoms with Crippen LogP contribution in [-0.2, 0) is 6.42 Å². The summed E-state index contributed by atoms with van der Waals surface area (Å²) < 4.78 is 4.98. The fraction of sp³-hybridized carbons (Fsp3) is 0.0392. The van der Waals surface area contributed by atoms with Crippen LogP contribution in [0.1, 0.15) is 23.1 Å². The van der Waals surface area contributed by atoms with E-state index in [2.05, 4.69) is 185 Å². The molecule has 8 aromatic carbocycles. The third-order valence-electron chi connectivity index (χ3n) is 11.7. The first-order valence-corrected chi connectivity index (χ1v) is 18.9. The minimum Gasteiger partial charge on any atom is -0.308 e. The van der Waals surface area contributed by atoms with Gasteiger partial charge in [0, 0.05) is 43.4 Å². The SMILES string of the molecule is C1=C(n2c3ccccc3c3cc4c5ccc(-c6cccc7ccccc67)cc5n5c6ccccc6c(c32)c45)N=C(c2ccccc2)c2ccccc2CC1. The van der Waals surface area contributed by atoms with Crippen LogP contribution >= 0.6 is 0 Å². The van der Waals surface area contributed by atoms with Gasteiger partial charge in [-0.1, -0.05) is 146 Å². The van der Waals surface area contributed by atoms with Crippen molar-refractivity contribution in [2.75, 3.05) is 0 Å². The predicted molar refractivity (Wildman–Crippen MR) is 228 cm³/mol. The molecule has 0 fully saturated rings. The van der Waals surface area contributed by atoms with Crippen molar-refractivity contribution in [1.29, 1.82) is 0 Å². The maximum Gasteiger partial charge on any atom is 0.134 e. The standard InChI is InChI=1S/C51H33N3/c1-2-16-34(17-3-1)49-38-21-7-5-15-33(38)19-13-27-47(52-49)54-44-25-10-8-22-39(44)42-31-43-40-29-28-35(37-24-12-18-32-14-4-6-20-36(32)37)30-46(40)53-45-26-11-9-23-41(45)48(50(43)53)51(42)54/h1-12,14-18,20-31H,13,19H2. The summed E-state index contributed by atoms with van der Waals surface area (Å²) in [7, 11) is 0. The molecule has 0 unspecified atom stereocenters. The van der Waals surface area contributed by atoms with E-state index in [0.29, 0.717) is 0 Å². The Morgan fingerprint density at radius 1 is 0.444 bits per heavy atom. The Morgan fingerprint density at radius 3 is 2.04 bits per heavy atom. The van der Waals surface area contributed by atoms with Crippen molar-refractivity contribution in [3.63, 3.8) is 0 Å². The molecule has 0 aliphatic carbocycles. The molecule has 1 aliphatic rings. The van der Waals surface area contributed by atoms with E-state index in [0.717, 1.165) is 29.9 Å². The third-order valence-corrected chi connectivity index (χ3v) is 11.7. The Labute approximate surface area is 311 Å². The van der Waals surface area contributed by atoms with Gasteiger partial charge in [-0.05, 0) is 70.6 Å². The summed E-state index contributed by atoms with van der Waals surface area (Å²) in [5.41, 5.74) is 13.3. The van der Waals surface area contributed by atoms with E-state index in [-0.39, 0.29) is 0 Å². The third kappa shape index (κ3) is 4.09. The van der Waals surface area contributed by atoms with Gasteiger partial charge in [0.15, 0.2) is 0 Å². The van der Waals surface area contributed by atoms with Gasteiger partial charge in [0.1, 0.15) is 5.82 Å². The summed E-state index contributed by atoms with van der Waals surface area (Å²) in [5, 5.41) is 10.1. The Morgan fingerprint density at radius 2 is 1.13 bits per heavy atom. The number of aliphatic imine (C=N–C) groups is 1. The highest BCUT2D eigenvalue weighted by molar-refractivity contribution is 6.34.